The average Bonchev–Trinajstić information content (AvgIpc) is 1.76. The number of halogens is 2. The number of pyridine rings is 1. The van der Waals surface area contributed by atoms with Crippen molar-refractivity contribution in [3.63, 3.8) is 0 Å². The van der Waals surface area contributed by atoms with Gasteiger partial charge < -0.3 is 60.4 Å². The Morgan fingerprint density at radius 3 is 1.89 bits per heavy atom. The van der Waals surface area contributed by atoms with Crippen LogP contribution < -0.4 is 30.7 Å². The smallest absolute Gasteiger partial charge is 0.408 e. The molecule has 484 valence electrons. The largest absolute Gasteiger partial charge is 0.496 e. The number of carbonyl (C=O) groups is 8. The van der Waals surface area contributed by atoms with Gasteiger partial charge in [-0.3, -0.25) is 58.1 Å². The molecule has 7 N–H and O–H groups in total. The molecule has 3 aliphatic rings. The molecule has 3 aliphatic heterocycles. The van der Waals surface area contributed by atoms with E-state index in [9.17, 15) is 62.5 Å². The number of nitrogens with one attached hydrogen (secondary N) is 4. The molecule has 2 fully saturated rings. The predicted octanol–water partition coefficient (Wildman–Crippen LogP) is 3.52. The summed E-state index contributed by atoms with van der Waals surface area (Å²) in [6, 6.07) is 6.99. The van der Waals surface area contributed by atoms with Crippen LogP contribution in [0.15, 0.2) is 48.8 Å². The van der Waals surface area contributed by atoms with Crippen LogP contribution in [0, 0.1) is 11.6 Å². The number of hydrogen-bond acceptors (Lipinski definition) is 18. The van der Waals surface area contributed by atoms with E-state index in [0.717, 1.165) is 18.2 Å². The number of unbranched alkanes of at least 4 members (excludes halogenated alkanes) is 1. The Morgan fingerprint density at radius 1 is 0.719 bits per heavy atom. The van der Waals surface area contributed by atoms with Crippen molar-refractivity contribution in [3.05, 3.63) is 71.7 Å². The molecule has 27 nitrogen and oxygen atoms in total. The molecule has 0 saturated carbocycles. The molecule has 1 atom stereocenters. The molecule has 5 amide bonds. The minimum Gasteiger partial charge on any atom is -0.496 e. The summed E-state index contributed by atoms with van der Waals surface area (Å²) in [5.74, 6) is -5.87. The maximum atomic E-state index is 14.8. The van der Waals surface area contributed by atoms with Crippen molar-refractivity contribution in [3.8, 4) is 39.6 Å². The lowest BCUT2D eigenvalue weighted by Crippen LogP contribution is -2.55. The van der Waals surface area contributed by atoms with Crippen LogP contribution >= 0.6 is 0 Å². The summed E-state index contributed by atoms with van der Waals surface area (Å²) in [5, 5.41) is 44.4. The fourth-order valence-electron chi connectivity index (χ4n) is 10.6. The van der Waals surface area contributed by atoms with Gasteiger partial charge in [0.25, 0.3) is 5.91 Å². The highest BCUT2D eigenvalue weighted by Crippen LogP contribution is 2.46. The number of alkyl carbamates (subject to hydrolysis) is 1. The first-order valence-corrected chi connectivity index (χ1v) is 29.4. The highest BCUT2D eigenvalue weighted by molar-refractivity contribution is 5.98. The third-order valence-corrected chi connectivity index (χ3v) is 14.9. The molecule has 0 unspecified atom stereocenters. The molecule has 89 heavy (non-hydrogen) atoms. The van der Waals surface area contributed by atoms with Crippen molar-refractivity contribution in [2.45, 2.75) is 90.5 Å². The SMILES string of the molecule is COc1cc2c(cc1-c1cncc(NC(=O)CCCNC(=O)[C@@H](CCCCNC(=O)CN3CCN(CC(=O)O)CCN(CC(=O)O)CCN(CC(=O)O)CC3)NC(=O)OC(C)(C)C)c1)-c1c(c(C(=O)N3CCOCC3(C)C)nn1-c1cc(F)cc(F)c1)CO2. The van der Waals surface area contributed by atoms with Crippen LogP contribution in [0.3, 0.4) is 0 Å². The quantitative estimate of drug-likeness (QED) is 0.0494. The Balaban J connectivity index is 0.950. The molecule has 2 aromatic heterocycles. The number of benzene rings is 2. The van der Waals surface area contributed by atoms with Gasteiger partial charge in [0.05, 0.1) is 75.3 Å². The minimum absolute atomic E-state index is 0.0310. The summed E-state index contributed by atoms with van der Waals surface area (Å²) in [4.78, 5) is 115. The molecule has 0 spiro atoms. The van der Waals surface area contributed by atoms with Gasteiger partial charge in [-0.05, 0) is 84.6 Å². The number of fused-ring (bicyclic) bond motifs is 3. The van der Waals surface area contributed by atoms with Crippen LogP contribution in [-0.4, -0.2) is 238 Å². The number of methoxy groups -OCH3 is 1. The standard InChI is InChI=1S/C60H80F2N12O15/c1-59(2,3)89-58(85)67-46(10-7-8-12-64-50(76)32-69-14-16-70(33-51(77)78)18-20-72(35-53(81)82)21-19-71(17-15-69)34-52(79)80)56(83)65-13-9-11-49(75)66-41-24-38(30-63-31-41)43-28-44-48(29-47(43)86-6)88-36-45-54(57(84)73-22-23-87-37-60(73,4)5)68-74(55(44)45)42-26-39(61)25-40(62)27-42/h24-31,46H,7-23,32-37H2,1-6H3,(H,64,76)(H,65,83)(H,66,75)(H,67,85)(H,77,78)(H,79,80)(H,81,82)/t46-/m1/s1. The highest BCUT2D eigenvalue weighted by Gasteiger charge is 2.40. The number of anilines is 1. The third-order valence-electron chi connectivity index (χ3n) is 14.9. The molecule has 0 aliphatic carbocycles. The normalized spacial score (nSPS) is 16.4. The molecule has 0 radical (unpaired) electrons. The number of carbonyl (C=O) groups excluding carboxylic acids is 5. The van der Waals surface area contributed by atoms with E-state index in [1.165, 1.54) is 18.0 Å². The Labute approximate surface area is 513 Å². The summed E-state index contributed by atoms with van der Waals surface area (Å²) in [6.07, 6.45) is 3.30. The van der Waals surface area contributed by atoms with Gasteiger partial charge in [-0.25, -0.2) is 18.3 Å². The number of amides is 5. The molecule has 29 heteroatoms. The minimum atomic E-state index is -1.07. The number of carboxylic acid groups (broad SMARTS) is 3. The maximum Gasteiger partial charge on any atom is 0.408 e. The van der Waals surface area contributed by atoms with Gasteiger partial charge in [-0.1, -0.05) is 0 Å². The number of morpholine rings is 1. The number of aliphatic carboxylic acids is 3. The van der Waals surface area contributed by atoms with Crippen molar-refractivity contribution in [1.82, 2.24) is 55.2 Å². The van der Waals surface area contributed by atoms with Gasteiger partial charge in [0.1, 0.15) is 41.4 Å². The lowest BCUT2D eigenvalue weighted by molar-refractivity contribution is -0.140. The van der Waals surface area contributed by atoms with Crippen molar-refractivity contribution < 1.29 is 81.4 Å². The van der Waals surface area contributed by atoms with Crippen LogP contribution in [-0.2, 0) is 44.8 Å². The van der Waals surface area contributed by atoms with Gasteiger partial charge in [-0.2, -0.15) is 5.10 Å². The monoisotopic (exact) mass is 1250 g/mol. The van der Waals surface area contributed by atoms with Gasteiger partial charge in [0.2, 0.25) is 17.7 Å². The van der Waals surface area contributed by atoms with E-state index < -0.39 is 70.5 Å². The number of hydrogen-bond donors (Lipinski definition) is 7. The molecule has 0 bridgehead atoms. The summed E-state index contributed by atoms with van der Waals surface area (Å²) < 4.78 is 54.2. The van der Waals surface area contributed by atoms with Gasteiger partial charge in [0.15, 0.2) is 5.69 Å². The fourth-order valence-corrected chi connectivity index (χ4v) is 10.6. The Kier molecular flexibility index (Phi) is 23.9. The van der Waals surface area contributed by atoms with Gasteiger partial charge >= 0.3 is 24.0 Å². The second kappa shape index (κ2) is 31.2. The highest BCUT2D eigenvalue weighted by atomic mass is 19.1. The summed E-state index contributed by atoms with van der Waals surface area (Å²) in [6.45, 7) is 10.8. The molecule has 2 saturated heterocycles. The second-order valence-corrected chi connectivity index (χ2v) is 23.6. The first-order valence-electron chi connectivity index (χ1n) is 29.4. The predicted molar refractivity (Wildman–Crippen MR) is 319 cm³/mol. The van der Waals surface area contributed by atoms with Gasteiger partial charge in [0, 0.05) is 119 Å². The number of carboxylic acids is 3. The van der Waals surface area contributed by atoms with Crippen molar-refractivity contribution in [1.29, 1.82) is 0 Å². The van der Waals surface area contributed by atoms with Crippen LogP contribution in [0.4, 0.5) is 19.3 Å². The van der Waals surface area contributed by atoms with E-state index in [2.05, 4.69) is 26.3 Å². The summed E-state index contributed by atoms with van der Waals surface area (Å²) >= 11 is 0. The third kappa shape index (κ3) is 20.1. The number of nitrogens with zero attached hydrogens (tertiary/aromatic N) is 8. The Morgan fingerprint density at radius 2 is 1.31 bits per heavy atom. The molecule has 4 aromatic rings. The topological polar surface area (TPSA) is 329 Å². The van der Waals surface area contributed by atoms with Gasteiger partial charge in [-0.15, -0.1) is 0 Å². The van der Waals surface area contributed by atoms with E-state index in [4.69, 9.17) is 24.0 Å². The van der Waals surface area contributed by atoms with Crippen LogP contribution in [0.1, 0.15) is 82.8 Å². The van der Waals surface area contributed by atoms with Crippen molar-refractivity contribution in [2.24, 2.45) is 0 Å². The van der Waals surface area contributed by atoms with E-state index >= 15 is 0 Å². The zero-order valence-electron chi connectivity index (χ0n) is 51.0. The van der Waals surface area contributed by atoms with E-state index in [1.54, 1.807) is 69.7 Å². The van der Waals surface area contributed by atoms with E-state index in [-0.39, 0.29) is 148 Å². The lowest BCUT2D eigenvalue weighted by Gasteiger charge is -2.41. The first-order chi connectivity index (χ1) is 42.2. The second-order valence-electron chi connectivity index (χ2n) is 23.6. The fraction of sp³-hybridized carbons (Fsp3) is 0.533. The average molecular weight is 1250 g/mol. The van der Waals surface area contributed by atoms with E-state index in [0.29, 0.717) is 64.6 Å². The zero-order valence-corrected chi connectivity index (χ0v) is 51.0. The molecular weight excluding hydrogens is 1170 g/mol. The number of rotatable bonds is 24. The molecule has 7 rings (SSSR count). The summed E-state index contributed by atoms with van der Waals surface area (Å²) in [7, 11) is 1.47. The van der Waals surface area contributed by atoms with Crippen LogP contribution in [0.2, 0.25) is 0 Å². The molecule has 5 heterocycles. The maximum absolute atomic E-state index is 14.8. The van der Waals surface area contributed by atoms with Crippen LogP contribution in [0.25, 0.3) is 28.1 Å². The lowest BCUT2D eigenvalue weighted by atomic mass is 9.95. The van der Waals surface area contributed by atoms with E-state index in [1.807, 2.05) is 13.8 Å². The Hall–Kier alpha value is -8.38. The Bertz CT molecular complexity index is 3160. The first kappa shape index (κ1) is 68.1. The van der Waals surface area contributed by atoms with Crippen LogP contribution in [0.5, 0.6) is 11.5 Å². The van der Waals surface area contributed by atoms with Crippen molar-refractivity contribution in [2.75, 3.05) is 124 Å². The molecule has 2 aromatic carbocycles. The summed E-state index contributed by atoms with van der Waals surface area (Å²) in [5.41, 5.74) is 1.02. The number of ether oxygens (including phenoxy) is 4. The number of aromatic nitrogens is 3. The molecular formula is C60H80F2N12O15. The van der Waals surface area contributed by atoms with Crippen molar-refractivity contribution >= 4 is 53.3 Å². The zero-order chi connectivity index (χ0) is 64.6.